The fraction of sp³-hybridized carbons (Fsp3) is 0.343. The van der Waals surface area contributed by atoms with Crippen molar-refractivity contribution < 1.29 is 19.4 Å². The predicted octanol–water partition coefficient (Wildman–Crippen LogP) is 7.78. The molecule has 0 bridgehead atoms. The van der Waals surface area contributed by atoms with Crippen LogP contribution in [-0.2, 0) is 23.2 Å². The van der Waals surface area contributed by atoms with Crippen molar-refractivity contribution in [3.63, 3.8) is 0 Å². The lowest BCUT2D eigenvalue weighted by atomic mass is 9.87. The molecule has 41 heavy (non-hydrogen) atoms. The van der Waals surface area contributed by atoms with Crippen LogP contribution < -0.4 is 4.74 Å². The van der Waals surface area contributed by atoms with Crippen LogP contribution in [0.2, 0.25) is 0 Å². The van der Waals surface area contributed by atoms with Crippen molar-refractivity contribution in [2.45, 2.75) is 64.8 Å². The summed E-state index contributed by atoms with van der Waals surface area (Å²) in [6.45, 7) is 6.36. The lowest BCUT2D eigenvalue weighted by Crippen LogP contribution is -2.35. The minimum absolute atomic E-state index is 0.0680. The lowest BCUT2D eigenvalue weighted by Gasteiger charge is -2.22. The van der Waals surface area contributed by atoms with Crippen LogP contribution in [0, 0.1) is 5.92 Å². The molecule has 6 heteroatoms. The van der Waals surface area contributed by atoms with E-state index in [4.69, 9.17) is 9.72 Å². The third kappa shape index (κ3) is 7.12. The number of carboxylic acids is 1. The summed E-state index contributed by atoms with van der Waals surface area (Å²) < 4.78 is 6.24. The zero-order valence-electron chi connectivity index (χ0n) is 24.1. The number of ether oxygens (including phenoxy) is 1. The van der Waals surface area contributed by atoms with Gasteiger partial charge in [0.1, 0.15) is 23.7 Å². The molecule has 6 nitrogen and oxygen atoms in total. The lowest BCUT2D eigenvalue weighted by molar-refractivity contribution is -0.137. The molecule has 1 N–H and O–H groups in total. The molecule has 5 rings (SSSR count). The molecule has 1 aromatic heterocycles. The number of hydrogen-bond donors (Lipinski definition) is 1. The van der Waals surface area contributed by atoms with Gasteiger partial charge >= 0.3 is 5.97 Å². The topological polar surface area (TPSA) is 79.7 Å². The SMILES string of the molecule is CC(C)(C)c1ccc(Oc2ccc3cc(C(=O)N(CC(=O)O)Cc4ccccc4)nc(CC4CCCC4)c3c2)cc1. The molecule has 3 aromatic carbocycles. The van der Waals surface area contributed by atoms with Gasteiger partial charge in [0, 0.05) is 17.6 Å². The van der Waals surface area contributed by atoms with Crippen molar-refractivity contribution in [2.24, 2.45) is 5.92 Å². The van der Waals surface area contributed by atoms with E-state index in [9.17, 15) is 14.7 Å². The molecule has 0 atom stereocenters. The van der Waals surface area contributed by atoms with Crippen molar-refractivity contribution in [1.82, 2.24) is 9.88 Å². The van der Waals surface area contributed by atoms with Crippen LogP contribution in [0.15, 0.2) is 78.9 Å². The van der Waals surface area contributed by atoms with Gasteiger partial charge in [0.15, 0.2) is 0 Å². The highest BCUT2D eigenvalue weighted by molar-refractivity contribution is 5.98. The van der Waals surface area contributed by atoms with E-state index >= 15 is 0 Å². The fourth-order valence-corrected chi connectivity index (χ4v) is 5.60. The summed E-state index contributed by atoms with van der Waals surface area (Å²) in [7, 11) is 0. The van der Waals surface area contributed by atoms with Crippen molar-refractivity contribution in [1.29, 1.82) is 0 Å². The smallest absolute Gasteiger partial charge is 0.323 e. The number of carboxylic acid groups (broad SMARTS) is 1. The Hall–Kier alpha value is -4.19. The molecular weight excluding hydrogens is 512 g/mol. The summed E-state index contributed by atoms with van der Waals surface area (Å²) in [5.74, 6) is 0.555. The molecule has 212 valence electrons. The van der Waals surface area contributed by atoms with E-state index in [1.807, 2.05) is 60.7 Å². The third-order valence-electron chi connectivity index (χ3n) is 7.84. The highest BCUT2D eigenvalue weighted by Gasteiger charge is 2.24. The normalized spacial score (nSPS) is 13.8. The summed E-state index contributed by atoms with van der Waals surface area (Å²) in [5.41, 5.74) is 3.31. The second kappa shape index (κ2) is 12.1. The van der Waals surface area contributed by atoms with Crippen molar-refractivity contribution >= 4 is 22.6 Å². The largest absolute Gasteiger partial charge is 0.480 e. The van der Waals surface area contributed by atoms with Crippen molar-refractivity contribution in [2.75, 3.05) is 6.54 Å². The summed E-state index contributed by atoms with van der Waals surface area (Å²) in [6, 6.07) is 25.3. The summed E-state index contributed by atoms with van der Waals surface area (Å²) in [4.78, 5) is 31.6. The summed E-state index contributed by atoms with van der Waals surface area (Å²) in [6.07, 6.45) is 5.50. The van der Waals surface area contributed by atoms with Crippen LogP contribution in [0.1, 0.15) is 73.8 Å². The standard InChI is InChI=1S/C35H38N2O4/c1-35(2,3)27-14-17-28(18-15-27)41-29-16-13-26-20-32(36-31(30(26)21-29)19-24-9-7-8-10-24)34(40)37(23-33(38)39)22-25-11-5-4-6-12-25/h4-6,11-18,20-21,24H,7-10,19,22-23H2,1-3H3,(H,38,39). The van der Waals surface area contributed by atoms with E-state index in [1.54, 1.807) is 6.07 Å². The summed E-state index contributed by atoms with van der Waals surface area (Å²) >= 11 is 0. The first kappa shape index (κ1) is 28.3. The zero-order valence-corrected chi connectivity index (χ0v) is 24.1. The second-order valence-electron chi connectivity index (χ2n) is 12.1. The van der Waals surface area contributed by atoms with E-state index in [-0.39, 0.29) is 23.6 Å². The van der Waals surface area contributed by atoms with Gasteiger partial charge in [-0.3, -0.25) is 9.59 Å². The Morgan fingerprint density at radius 3 is 2.27 bits per heavy atom. The van der Waals surface area contributed by atoms with Gasteiger partial charge in [-0.1, -0.05) is 95.0 Å². The molecule has 1 fully saturated rings. The molecular formula is C35H38N2O4. The quantitative estimate of drug-likeness (QED) is 0.230. The average molecular weight is 551 g/mol. The van der Waals surface area contributed by atoms with Gasteiger partial charge in [-0.2, -0.15) is 0 Å². The molecule has 0 unspecified atom stereocenters. The number of nitrogens with zero attached hydrogens (tertiary/aromatic N) is 2. The van der Waals surface area contributed by atoms with Crippen LogP contribution in [0.3, 0.4) is 0 Å². The molecule has 1 aliphatic rings. The van der Waals surface area contributed by atoms with Gasteiger partial charge in [0.2, 0.25) is 0 Å². The molecule has 1 heterocycles. The molecule has 0 spiro atoms. The minimum atomic E-state index is -1.06. The van der Waals surface area contributed by atoms with Crippen LogP contribution in [0.5, 0.6) is 11.5 Å². The fourth-order valence-electron chi connectivity index (χ4n) is 5.60. The second-order valence-corrected chi connectivity index (χ2v) is 12.1. The Morgan fingerprint density at radius 2 is 1.61 bits per heavy atom. The number of aliphatic carboxylic acids is 1. The number of carbonyl (C=O) groups excluding carboxylic acids is 1. The first-order valence-electron chi connectivity index (χ1n) is 14.4. The van der Waals surface area contributed by atoms with Gasteiger partial charge in [-0.15, -0.1) is 0 Å². The number of fused-ring (bicyclic) bond motifs is 1. The first-order chi connectivity index (χ1) is 19.7. The average Bonchev–Trinajstić information content (AvgIpc) is 3.46. The van der Waals surface area contributed by atoms with Crippen molar-refractivity contribution in [3.05, 3.63) is 101 Å². The number of pyridine rings is 1. The van der Waals surface area contributed by atoms with Crippen LogP contribution in [0.4, 0.5) is 0 Å². The molecule has 1 saturated carbocycles. The highest BCUT2D eigenvalue weighted by atomic mass is 16.5. The summed E-state index contributed by atoms with van der Waals surface area (Å²) in [5, 5.41) is 11.4. The molecule has 4 aromatic rings. The van der Waals surface area contributed by atoms with Crippen LogP contribution >= 0.6 is 0 Å². The Kier molecular flexibility index (Phi) is 8.39. The Bertz CT molecular complexity index is 1520. The van der Waals surface area contributed by atoms with Crippen LogP contribution in [-0.4, -0.2) is 33.4 Å². The Morgan fingerprint density at radius 1 is 0.927 bits per heavy atom. The van der Waals surface area contributed by atoms with E-state index < -0.39 is 12.5 Å². The van der Waals surface area contributed by atoms with E-state index in [0.29, 0.717) is 11.7 Å². The van der Waals surface area contributed by atoms with Gasteiger partial charge in [0.25, 0.3) is 5.91 Å². The predicted molar refractivity (Wildman–Crippen MR) is 161 cm³/mol. The first-order valence-corrected chi connectivity index (χ1v) is 14.4. The molecule has 1 amide bonds. The van der Waals surface area contributed by atoms with Gasteiger partial charge in [-0.05, 0) is 64.6 Å². The van der Waals surface area contributed by atoms with Gasteiger partial charge < -0.3 is 14.7 Å². The van der Waals surface area contributed by atoms with E-state index in [2.05, 4.69) is 32.9 Å². The molecule has 0 saturated heterocycles. The number of benzene rings is 3. The van der Waals surface area contributed by atoms with E-state index in [0.717, 1.165) is 47.0 Å². The third-order valence-corrected chi connectivity index (χ3v) is 7.84. The molecule has 0 radical (unpaired) electrons. The number of amides is 1. The maximum absolute atomic E-state index is 13.7. The molecule has 0 aliphatic heterocycles. The number of hydrogen-bond acceptors (Lipinski definition) is 4. The highest BCUT2D eigenvalue weighted by Crippen LogP contribution is 2.33. The minimum Gasteiger partial charge on any atom is -0.480 e. The van der Waals surface area contributed by atoms with E-state index in [1.165, 1.54) is 23.3 Å². The van der Waals surface area contributed by atoms with Crippen molar-refractivity contribution in [3.8, 4) is 11.5 Å². The number of carbonyl (C=O) groups is 2. The van der Waals surface area contributed by atoms with Crippen LogP contribution in [0.25, 0.3) is 10.8 Å². The maximum Gasteiger partial charge on any atom is 0.323 e. The zero-order chi connectivity index (χ0) is 29.0. The monoisotopic (exact) mass is 550 g/mol. The number of rotatable bonds is 9. The molecule has 1 aliphatic carbocycles. The van der Waals surface area contributed by atoms with Gasteiger partial charge in [0.05, 0.1) is 0 Å². The number of aromatic nitrogens is 1. The Balaban J connectivity index is 1.48. The Labute approximate surface area is 242 Å². The maximum atomic E-state index is 13.7. The van der Waals surface area contributed by atoms with Gasteiger partial charge in [-0.25, -0.2) is 4.98 Å².